The summed E-state index contributed by atoms with van der Waals surface area (Å²) < 4.78 is 1.09. The second-order valence-corrected chi connectivity index (χ2v) is 4.75. The molecule has 1 atom stereocenters. The van der Waals surface area contributed by atoms with E-state index < -0.39 is 0 Å². The van der Waals surface area contributed by atoms with Crippen molar-refractivity contribution in [2.24, 2.45) is 0 Å². The van der Waals surface area contributed by atoms with E-state index in [0.29, 0.717) is 6.54 Å². The summed E-state index contributed by atoms with van der Waals surface area (Å²) >= 11 is 1.63. The Morgan fingerprint density at radius 2 is 2.29 bits per heavy atom. The zero-order valence-electron chi connectivity index (χ0n) is 9.68. The van der Waals surface area contributed by atoms with Gasteiger partial charge in [0, 0.05) is 19.6 Å². The first-order chi connectivity index (χ1) is 8.27. The van der Waals surface area contributed by atoms with Gasteiger partial charge in [-0.15, -0.1) is 11.3 Å². The number of anilines is 1. The average molecular weight is 252 g/mol. The van der Waals surface area contributed by atoms with Crippen LogP contribution in [0.5, 0.6) is 0 Å². The number of hydrogen-bond donors (Lipinski definition) is 3. The van der Waals surface area contributed by atoms with Crippen molar-refractivity contribution < 1.29 is 5.11 Å². The predicted octanol–water partition coefficient (Wildman–Crippen LogP) is 1.07. The Morgan fingerprint density at radius 1 is 1.41 bits per heavy atom. The van der Waals surface area contributed by atoms with E-state index in [4.69, 9.17) is 5.11 Å². The molecule has 0 aliphatic carbocycles. The second kappa shape index (κ2) is 5.90. The third-order valence-electron chi connectivity index (χ3n) is 2.28. The molecule has 2 heterocycles. The zero-order valence-corrected chi connectivity index (χ0v) is 10.5. The van der Waals surface area contributed by atoms with E-state index in [1.165, 1.54) is 0 Å². The maximum absolute atomic E-state index is 9.08. The highest BCUT2D eigenvalue weighted by Gasteiger charge is 2.03. The Hall–Kier alpha value is -1.24. The Bertz CT molecular complexity index is 471. The van der Waals surface area contributed by atoms with Crippen LogP contribution in [0.1, 0.15) is 6.92 Å². The molecule has 2 rings (SSSR count). The maximum atomic E-state index is 9.08. The fourth-order valence-corrected chi connectivity index (χ4v) is 2.31. The second-order valence-electron chi connectivity index (χ2n) is 3.84. The van der Waals surface area contributed by atoms with Gasteiger partial charge in [-0.3, -0.25) is 0 Å². The van der Waals surface area contributed by atoms with Gasteiger partial charge >= 0.3 is 0 Å². The quantitative estimate of drug-likeness (QED) is 0.671. The SMILES string of the molecule is CC(O)CNCCNc1ncnc2ccsc12. The van der Waals surface area contributed by atoms with Crippen LogP contribution >= 0.6 is 11.3 Å². The molecule has 0 spiro atoms. The zero-order chi connectivity index (χ0) is 12.1. The van der Waals surface area contributed by atoms with Gasteiger partial charge in [-0.05, 0) is 18.4 Å². The smallest absolute Gasteiger partial charge is 0.147 e. The Labute approximate surface area is 104 Å². The number of nitrogens with zero attached hydrogens (tertiary/aromatic N) is 2. The summed E-state index contributed by atoms with van der Waals surface area (Å²) in [4.78, 5) is 8.40. The van der Waals surface area contributed by atoms with Gasteiger partial charge in [0.15, 0.2) is 0 Å². The Morgan fingerprint density at radius 3 is 3.12 bits per heavy atom. The minimum Gasteiger partial charge on any atom is -0.392 e. The minimum absolute atomic E-state index is 0.307. The van der Waals surface area contributed by atoms with Crippen LogP contribution in [0.25, 0.3) is 10.2 Å². The van der Waals surface area contributed by atoms with Crippen molar-refractivity contribution in [2.75, 3.05) is 25.0 Å². The van der Waals surface area contributed by atoms with Crippen molar-refractivity contribution in [3.8, 4) is 0 Å². The molecule has 1 unspecified atom stereocenters. The van der Waals surface area contributed by atoms with Crippen LogP contribution in [0.4, 0.5) is 5.82 Å². The first-order valence-electron chi connectivity index (χ1n) is 5.58. The lowest BCUT2D eigenvalue weighted by Gasteiger charge is -2.08. The number of hydrogen-bond acceptors (Lipinski definition) is 6. The molecule has 0 saturated heterocycles. The van der Waals surface area contributed by atoms with E-state index in [2.05, 4.69) is 20.6 Å². The molecule has 2 aromatic heterocycles. The van der Waals surface area contributed by atoms with Crippen molar-refractivity contribution in [1.29, 1.82) is 0 Å². The van der Waals surface area contributed by atoms with Gasteiger partial charge in [-0.2, -0.15) is 0 Å². The first kappa shape index (κ1) is 12.2. The van der Waals surface area contributed by atoms with Crippen molar-refractivity contribution >= 4 is 27.4 Å². The van der Waals surface area contributed by atoms with Crippen molar-refractivity contribution in [1.82, 2.24) is 15.3 Å². The summed E-state index contributed by atoms with van der Waals surface area (Å²) in [5.74, 6) is 0.879. The minimum atomic E-state index is -0.307. The fraction of sp³-hybridized carbons (Fsp3) is 0.455. The maximum Gasteiger partial charge on any atom is 0.147 e. The number of nitrogens with one attached hydrogen (secondary N) is 2. The van der Waals surface area contributed by atoms with Crippen LogP contribution in [-0.2, 0) is 0 Å². The number of aromatic nitrogens is 2. The van der Waals surface area contributed by atoms with Gasteiger partial charge in [0.1, 0.15) is 12.1 Å². The molecular formula is C11H16N4OS. The van der Waals surface area contributed by atoms with E-state index in [9.17, 15) is 0 Å². The highest BCUT2D eigenvalue weighted by molar-refractivity contribution is 7.17. The van der Waals surface area contributed by atoms with E-state index in [-0.39, 0.29) is 6.10 Å². The molecule has 0 bridgehead atoms. The Balaban J connectivity index is 1.84. The van der Waals surface area contributed by atoms with Crippen molar-refractivity contribution in [3.63, 3.8) is 0 Å². The van der Waals surface area contributed by atoms with Crippen LogP contribution in [0.3, 0.4) is 0 Å². The lowest BCUT2D eigenvalue weighted by Crippen LogP contribution is -2.29. The van der Waals surface area contributed by atoms with E-state index in [0.717, 1.165) is 29.1 Å². The molecule has 0 amide bonds. The molecule has 2 aromatic rings. The normalized spacial score (nSPS) is 12.8. The molecular weight excluding hydrogens is 236 g/mol. The topological polar surface area (TPSA) is 70.1 Å². The molecule has 0 saturated carbocycles. The lowest BCUT2D eigenvalue weighted by atomic mass is 10.4. The van der Waals surface area contributed by atoms with Crippen molar-refractivity contribution in [2.45, 2.75) is 13.0 Å². The molecule has 0 fully saturated rings. The van der Waals surface area contributed by atoms with Gasteiger partial charge in [-0.1, -0.05) is 0 Å². The summed E-state index contributed by atoms with van der Waals surface area (Å²) in [6.45, 7) is 3.94. The van der Waals surface area contributed by atoms with Crippen LogP contribution in [0.15, 0.2) is 17.8 Å². The van der Waals surface area contributed by atoms with Gasteiger partial charge < -0.3 is 15.7 Å². The molecule has 3 N–H and O–H groups in total. The number of rotatable bonds is 6. The van der Waals surface area contributed by atoms with E-state index in [1.807, 2.05) is 11.4 Å². The summed E-state index contributed by atoms with van der Waals surface area (Å²) in [5.41, 5.74) is 0.976. The average Bonchev–Trinajstić information content (AvgIpc) is 2.77. The largest absolute Gasteiger partial charge is 0.392 e. The van der Waals surface area contributed by atoms with E-state index in [1.54, 1.807) is 24.6 Å². The van der Waals surface area contributed by atoms with Crippen LogP contribution in [0.2, 0.25) is 0 Å². The van der Waals surface area contributed by atoms with Crippen molar-refractivity contribution in [3.05, 3.63) is 17.8 Å². The number of thiophene rings is 1. The number of fused-ring (bicyclic) bond motifs is 1. The standard InChI is InChI=1S/C11H16N4OS/c1-8(16)6-12-3-4-13-11-10-9(2-5-17-10)14-7-15-11/h2,5,7-8,12,16H,3-4,6H2,1H3,(H,13,14,15). The summed E-state index contributed by atoms with van der Waals surface area (Å²) in [7, 11) is 0. The molecule has 6 heteroatoms. The molecule has 0 aliphatic heterocycles. The van der Waals surface area contributed by atoms with Gasteiger partial charge in [0.25, 0.3) is 0 Å². The Kier molecular flexibility index (Phi) is 4.24. The highest BCUT2D eigenvalue weighted by Crippen LogP contribution is 2.24. The highest BCUT2D eigenvalue weighted by atomic mass is 32.1. The van der Waals surface area contributed by atoms with Crippen LogP contribution in [-0.4, -0.2) is 40.8 Å². The lowest BCUT2D eigenvalue weighted by molar-refractivity contribution is 0.192. The molecule has 0 aromatic carbocycles. The number of aliphatic hydroxyl groups excluding tert-OH is 1. The molecule has 17 heavy (non-hydrogen) atoms. The predicted molar refractivity (Wildman–Crippen MR) is 70.5 cm³/mol. The monoisotopic (exact) mass is 252 g/mol. The molecule has 92 valence electrons. The van der Waals surface area contributed by atoms with Gasteiger partial charge in [0.05, 0.1) is 16.3 Å². The summed E-state index contributed by atoms with van der Waals surface area (Å²) in [6.07, 6.45) is 1.26. The fourth-order valence-electron chi connectivity index (χ4n) is 1.49. The third-order valence-corrected chi connectivity index (χ3v) is 3.19. The molecule has 0 radical (unpaired) electrons. The van der Waals surface area contributed by atoms with E-state index >= 15 is 0 Å². The number of aliphatic hydroxyl groups is 1. The summed E-state index contributed by atoms with van der Waals surface area (Å²) in [5, 5.41) is 17.5. The summed E-state index contributed by atoms with van der Waals surface area (Å²) in [6, 6.07) is 1.98. The molecule has 5 nitrogen and oxygen atoms in total. The molecule has 0 aliphatic rings. The van der Waals surface area contributed by atoms with Crippen LogP contribution in [0, 0.1) is 0 Å². The van der Waals surface area contributed by atoms with Crippen LogP contribution < -0.4 is 10.6 Å². The third kappa shape index (κ3) is 3.36. The van der Waals surface area contributed by atoms with Gasteiger partial charge in [-0.25, -0.2) is 9.97 Å². The first-order valence-corrected chi connectivity index (χ1v) is 6.46. The van der Waals surface area contributed by atoms with Gasteiger partial charge in [0.2, 0.25) is 0 Å².